The third-order valence-electron chi connectivity index (χ3n) is 6.45. The Labute approximate surface area is 194 Å². The molecule has 1 aliphatic rings. The van der Waals surface area contributed by atoms with Crippen LogP contribution < -0.4 is 10.1 Å². The van der Waals surface area contributed by atoms with Crippen molar-refractivity contribution in [2.75, 3.05) is 25.6 Å². The van der Waals surface area contributed by atoms with Crippen molar-refractivity contribution >= 4 is 22.4 Å². The van der Waals surface area contributed by atoms with Crippen molar-refractivity contribution in [3.63, 3.8) is 0 Å². The molecular weight excluding hydrogens is 445 g/mol. The van der Waals surface area contributed by atoms with E-state index < -0.39 is 23.8 Å². The van der Waals surface area contributed by atoms with Gasteiger partial charge >= 0.3 is 0 Å². The van der Waals surface area contributed by atoms with Gasteiger partial charge in [0.15, 0.2) is 5.65 Å². The van der Waals surface area contributed by atoms with Gasteiger partial charge in [-0.2, -0.15) is 5.10 Å². The van der Waals surface area contributed by atoms with Crippen molar-refractivity contribution in [1.29, 1.82) is 0 Å². The number of benzene rings is 2. The second-order valence-electron chi connectivity index (χ2n) is 8.48. The van der Waals surface area contributed by atoms with Crippen LogP contribution in [0.2, 0.25) is 0 Å². The standard InChI is InChI=1S/C25H25F3N4O2/c1-14(16-4-3-5-17(23(16)26)24(27)28)30-25-19-12-18(15-7-10-34-11-8-15)21(33-2)13-20(19)32-22(31-25)6-9-29-32/h3-6,9,12-15,24H,7-8,10-11H2,1-2H3,(H,30,31)/t14-/m1/s1. The fraction of sp³-hybridized carbons (Fsp3) is 0.360. The fourth-order valence-corrected chi connectivity index (χ4v) is 4.66. The zero-order chi connectivity index (χ0) is 23.8. The first-order valence-electron chi connectivity index (χ1n) is 11.2. The lowest BCUT2D eigenvalue weighted by Crippen LogP contribution is -2.15. The average molecular weight is 470 g/mol. The van der Waals surface area contributed by atoms with E-state index in [0.717, 1.165) is 41.1 Å². The molecule has 0 amide bonds. The maximum absolute atomic E-state index is 14.8. The van der Waals surface area contributed by atoms with Crippen molar-refractivity contribution in [1.82, 2.24) is 14.6 Å². The largest absolute Gasteiger partial charge is 0.496 e. The van der Waals surface area contributed by atoms with Gasteiger partial charge in [-0.15, -0.1) is 0 Å². The first kappa shape index (κ1) is 22.5. The topological polar surface area (TPSA) is 60.7 Å². The Morgan fingerprint density at radius 2 is 1.91 bits per heavy atom. The molecular formula is C25H25F3N4O2. The Morgan fingerprint density at radius 1 is 1.15 bits per heavy atom. The van der Waals surface area contributed by atoms with Gasteiger partial charge in [0.2, 0.25) is 0 Å². The lowest BCUT2D eigenvalue weighted by molar-refractivity contribution is 0.0848. The van der Waals surface area contributed by atoms with Crippen LogP contribution in [0.3, 0.4) is 0 Å². The molecule has 34 heavy (non-hydrogen) atoms. The fourth-order valence-electron chi connectivity index (χ4n) is 4.66. The van der Waals surface area contributed by atoms with Crippen LogP contribution in [0.1, 0.15) is 54.8 Å². The Morgan fingerprint density at radius 3 is 2.65 bits per heavy atom. The summed E-state index contributed by atoms with van der Waals surface area (Å²) in [5, 5.41) is 8.44. The highest BCUT2D eigenvalue weighted by molar-refractivity contribution is 5.93. The number of fused-ring (bicyclic) bond motifs is 3. The number of anilines is 1. The van der Waals surface area contributed by atoms with Crippen LogP contribution in [0.25, 0.3) is 16.6 Å². The van der Waals surface area contributed by atoms with Crippen LogP contribution in [0.4, 0.5) is 19.0 Å². The van der Waals surface area contributed by atoms with Crippen molar-refractivity contribution in [3.8, 4) is 5.75 Å². The number of hydrogen-bond donors (Lipinski definition) is 1. The highest BCUT2D eigenvalue weighted by Crippen LogP contribution is 2.39. The molecule has 1 saturated heterocycles. The van der Waals surface area contributed by atoms with Crippen molar-refractivity contribution < 1.29 is 22.6 Å². The minimum atomic E-state index is -2.89. The van der Waals surface area contributed by atoms with E-state index in [9.17, 15) is 13.2 Å². The Balaban J connectivity index is 1.63. The summed E-state index contributed by atoms with van der Waals surface area (Å²) < 4.78 is 54.3. The summed E-state index contributed by atoms with van der Waals surface area (Å²) in [6.45, 7) is 3.10. The van der Waals surface area contributed by atoms with Gasteiger partial charge < -0.3 is 14.8 Å². The van der Waals surface area contributed by atoms with Gasteiger partial charge in [-0.05, 0) is 37.3 Å². The summed E-state index contributed by atoms with van der Waals surface area (Å²) in [5.74, 6) is 0.647. The maximum Gasteiger partial charge on any atom is 0.266 e. The minimum absolute atomic E-state index is 0.152. The van der Waals surface area contributed by atoms with Crippen LogP contribution in [0.5, 0.6) is 5.75 Å². The predicted octanol–water partition coefficient (Wildman–Crippen LogP) is 6.03. The first-order chi connectivity index (χ1) is 16.5. The summed E-state index contributed by atoms with van der Waals surface area (Å²) in [5.41, 5.74) is 1.97. The Bertz CT molecular complexity index is 1330. The molecule has 1 atom stereocenters. The van der Waals surface area contributed by atoms with Crippen LogP contribution >= 0.6 is 0 Å². The molecule has 1 aliphatic heterocycles. The van der Waals surface area contributed by atoms with Gasteiger partial charge in [-0.25, -0.2) is 22.7 Å². The van der Waals surface area contributed by atoms with Crippen molar-refractivity contribution in [3.05, 3.63) is 65.1 Å². The zero-order valence-corrected chi connectivity index (χ0v) is 18.9. The first-order valence-corrected chi connectivity index (χ1v) is 11.2. The molecule has 4 aromatic rings. The van der Waals surface area contributed by atoms with Crippen molar-refractivity contribution in [2.45, 2.75) is 38.2 Å². The van der Waals surface area contributed by atoms with E-state index in [1.807, 2.05) is 12.1 Å². The third kappa shape index (κ3) is 3.94. The maximum atomic E-state index is 14.8. The zero-order valence-electron chi connectivity index (χ0n) is 18.9. The summed E-state index contributed by atoms with van der Waals surface area (Å²) in [4.78, 5) is 4.71. The molecule has 1 fully saturated rings. The molecule has 0 bridgehead atoms. The number of ether oxygens (including phenoxy) is 2. The molecule has 0 spiro atoms. The molecule has 0 unspecified atom stereocenters. The number of halogens is 3. The van der Waals surface area contributed by atoms with Crippen LogP contribution in [-0.4, -0.2) is 34.9 Å². The number of nitrogens with one attached hydrogen (secondary N) is 1. The van der Waals surface area contributed by atoms with E-state index in [-0.39, 0.29) is 11.5 Å². The van der Waals surface area contributed by atoms with E-state index in [0.29, 0.717) is 24.7 Å². The van der Waals surface area contributed by atoms with Gasteiger partial charge in [-0.3, -0.25) is 0 Å². The Kier molecular flexibility index (Phi) is 6.03. The molecule has 0 aliphatic carbocycles. The number of alkyl halides is 2. The van der Waals surface area contributed by atoms with E-state index in [4.69, 9.17) is 14.5 Å². The highest BCUT2D eigenvalue weighted by Gasteiger charge is 2.24. The second-order valence-corrected chi connectivity index (χ2v) is 8.48. The molecule has 1 N–H and O–H groups in total. The van der Waals surface area contributed by atoms with Gasteiger partial charge in [0.1, 0.15) is 17.4 Å². The number of methoxy groups -OCH3 is 1. The number of rotatable bonds is 6. The second kappa shape index (κ2) is 9.13. The summed E-state index contributed by atoms with van der Waals surface area (Å²) in [6, 6.07) is 9.20. The summed E-state index contributed by atoms with van der Waals surface area (Å²) >= 11 is 0. The molecule has 5 rings (SSSR count). The van der Waals surface area contributed by atoms with Gasteiger partial charge in [0.25, 0.3) is 6.43 Å². The quantitative estimate of drug-likeness (QED) is 0.373. The van der Waals surface area contributed by atoms with Crippen LogP contribution in [-0.2, 0) is 4.74 Å². The summed E-state index contributed by atoms with van der Waals surface area (Å²) in [7, 11) is 1.64. The van der Waals surface area contributed by atoms with Gasteiger partial charge in [0.05, 0.1) is 30.4 Å². The average Bonchev–Trinajstić information content (AvgIpc) is 3.32. The number of aromatic nitrogens is 3. The summed E-state index contributed by atoms with van der Waals surface area (Å²) in [6.07, 6.45) is 0.525. The molecule has 0 radical (unpaired) electrons. The third-order valence-corrected chi connectivity index (χ3v) is 6.45. The monoisotopic (exact) mass is 470 g/mol. The lowest BCUT2D eigenvalue weighted by atomic mass is 9.90. The predicted molar refractivity (Wildman–Crippen MR) is 123 cm³/mol. The minimum Gasteiger partial charge on any atom is -0.496 e. The van der Waals surface area contributed by atoms with Gasteiger partial charge in [0, 0.05) is 36.3 Å². The number of nitrogens with zero attached hydrogens (tertiary/aromatic N) is 3. The highest BCUT2D eigenvalue weighted by atomic mass is 19.3. The molecule has 178 valence electrons. The lowest BCUT2D eigenvalue weighted by Gasteiger charge is -2.25. The van der Waals surface area contributed by atoms with Gasteiger partial charge in [-0.1, -0.05) is 18.2 Å². The normalized spacial score (nSPS) is 15.8. The van der Waals surface area contributed by atoms with Crippen LogP contribution in [0.15, 0.2) is 42.6 Å². The van der Waals surface area contributed by atoms with Crippen LogP contribution in [0, 0.1) is 5.82 Å². The van der Waals surface area contributed by atoms with E-state index in [1.54, 1.807) is 30.8 Å². The molecule has 9 heteroatoms. The smallest absolute Gasteiger partial charge is 0.266 e. The van der Waals surface area contributed by atoms with E-state index in [2.05, 4.69) is 10.4 Å². The molecule has 3 heterocycles. The SMILES string of the molecule is COc1cc2c(cc1C1CCOCC1)c(N[C@H](C)c1cccc(C(F)F)c1F)nc1ccnn12. The molecule has 6 nitrogen and oxygen atoms in total. The molecule has 2 aromatic heterocycles. The van der Waals surface area contributed by atoms with E-state index in [1.165, 1.54) is 12.1 Å². The Hall–Kier alpha value is -3.33. The van der Waals surface area contributed by atoms with Crippen molar-refractivity contribution in [2.24, 2.45) is 0 Å². The number of hydrogen-bond acceptors (Lipinski definition) is 5. The molecule has 2 aromatic carbocycles. The molecule has 0 saturated carbocycles. The van der Waals surface area contributed by atoms with E-state index >= 15 is 0 Å².